The van der Waals surface area contributed by atoms with Gasteiger partial charge in [0, 0.05) is 6.54 Å². The molecule has 1 aliphatic carbocycles. The van der Waals surface area contributed by atoms with E-state index in [1.807, 2.05) is 32.9 Å². The fourth-order valence-electron chi connectivity index (χ4n) is 3.45. The minimum Gasteiger partial charge on any atom is -0.508 e. The lowest BCUT2D eigenvalue weighted by molar-refractivity contribution is 0.0584. The van der Waals surface area contributed by atoms with Gasteiger partial charge in [0.15, 0.2) is 0 Å². The predicted molar refractivity (Wildman–Crippen MR) is 106 cm³/mol. The van der Waals surface area contributed by atoms with Crippen molar-refractivity contribution in [2.75, 3.05) is 11.4 Å². The van der Waals surface area contributed by atoms with Gasteiger partial charge in [-0.25, -0.2) is 4.79 Å². The van der Waals surface area contributed by atoms with Gasteiger partial charge in [-0.15, -0.1) is 0 Å². The minimum atomic E-state index is -0.489. The van der Waals surface area contributed by atoms with Gasteiger partial charge >= 0.3 is 6.09 Å². The SMILES string of the molecule is CC(C)(C)OC(=O)N1CCc2cc(O)ccc21.Oc1ccc2c(c1)CCC2. The molecule has 27 heavy (non-hydrogen) atoms. The first-order valence-electron chi connectivity index (χ1n) is 9.36. The number of aryl methyl sites for hydroxylation is 2. The smallest absolute Gasteiger partial charge is 0.414 e. The van der Waals surface area contributed by atoms with Crippen LogP contribution in [-0.2, 0) is 24.0 Å². The Bertz CT molecular complexity index is 839. The molecule has 1 amide bonds. The third-order valence-corrected chi connectivity index (χ3v) is 4.65. The van der Waals surface area contributed by atoms with Gasteiger partial charge in [-0.1, -0.05) is 6.07 Å². The monoisotopic (exact) mass is 369 g/mol. The van der Waals surface area contributed by atoms with E-state index in [2.05, 4.69) is 0 Å². The summed E-state index contributed by atoms with van der Waals surface area (Å²) >= 11 is 0. The van der Waals surface area contributed by atoms with Gasteiger partial charge in [0.25, 0.3) is 0 Å². The lowest BCUT2D eigenvalue weighted by atomic mass is 10.1. The van der Waals surface area contributed by atoms with Gasteiger partial charge in [0.1, 0.15) is 17.1 Å². The lowest BCUT2D eigenvalue weighted by Crippen LogP contribution is -2.35. The standard InChI is InChI=1S/C13H17NO3.C9H10O/c1-13(2,3)17-12(16)14-7-6-9-8-10(15)4-5-11(9)14;10-9-5-4-7-2-1-3-8(7)6-9/h4-5,8,15H,6-7H2,1-3H3;4-6,10H,1-3H2. The average Bonchev–Trinajstić information content (AvgIpc) is 3.19. The Kier molecular flexibility index (Phi) is 5.31. The molecule has 2 aromatic carbocycles. The summed E-state index contributed by atoms with van der Waals surface area (Å²) in [5, 5.41) is 18.5. The van der Waals surface area contributed by atoms with Crippen LogP contribution in [0.15, 0.2) is 36.4 Å². The highest BCUT2D eigenvalue weighted by Crippen LogP contribution is 2.31. The molecule has 2 N–H and O–H groups in total. The highest BCUT2D eigenvalue weighted by molar-refractivity contribution is 5.90. The van der Waals surface area contributed by atoms with Crippen molar-refractivity contribution >= 4 is 11.8 Å². The second-order valence-electron chi connectivity index (χ2n) is 8.00. The Morgan fingerprint density at radius 1 is 0.926 bits per heavy atom. The second-order valence-corrected chi connectivity index (χ2v) is 8.00. The molecule has 0 spiro atoms. The van der Waals surface area contributed by atoms with Crippen LogP contribution in [-0.4, -0.2) is 28.5 Å². The van der Waals surface area contributed by atoms with E-state index in [1.54, 1.807) is 29.2 Å². The number of amides is 1. The molecule has 0 saturated heterocycles. The molecule has 0 atom stereocenters. The maximum absolute atomic E-state index is 11.9. The van der Waals surface area contributed by atoms with Crippen molar-refractivity contribution in [1.29, 1.82) is 0 Å². The van der Waals surface area contributed by atoms with Crippen LogP contribution in [0.1, 0.15) is 43.9 Å². The lowest BCUT2D eigenvalue weighted by Gasteiger charge is -2.24. The highest BCUT2D eigenvalue weighted by Gasteiger charge is 2.28. The maximum atomic E-state index is 11.9. The summed E-state index contributed by atoms with van der Waals surface area (Å²) in [5.41, 5.74) is 4.07. The van der Waals surface area contributed by atoms with Crippen LogP contribution in [0.4, 0.5) is 10.5 Å². The summed E-state index contributed by atoms with van der Waals surface area (Å²) in [4.78, 5) is 13.6. The van der Waals surface area contributed by atoms with E-state index in [1.165, 1.54) is 24.0 Å². The fourth-order valence-corrected chi connectivity index (χ4v) is 3.45. The zero-order valence-electron chi connectivity index (χ0n) is 16.2. The molecule has 1 aliphatic heterocycles. The van der Waals surface area contributed by atoms with E-state index in [0.717, 1.165) is 24.1 Å². The van der Waals surface area contributed by atoms with Gasteiger partial charge in [0.2, 0.25) is 0 Å². The quantitative estimate of drug-likeness (QED) is 0.714. The van der Waals surface area contributed by atoms with Gasteiger partial charge in [0.05, 0.1) is 5.69 Å². The van der Waals surface area contributed by atoms with E-state index in [-0.39, 0.29) is 11.8 Å². The van der Waals surface area contributed by atoms with E-state index in [0.29, 0.717) is 12.3 Å². The van der Waals surface area contributed by atoms with Crippen LogP contribution < -0.4 is 4.90 Å². The number of carbonyl (C=O) groups is 1. The summed E-state index contributed by atoms with van der Waals surface area (Å²) in [6.07, 6.45) is 4.00. The van der Waals surface area contributed by atoms with Crippen LogP contribution in [0.2, 0.25) is 0 Å². The number of phenols is 2. The van der Waals surface area contributed by atoms with Crippen LogP contribution in [0.3, 0.4) is 0 Å². The van der Waals surface area contributed by atoms with Gasteiger partial charge in [-0.2, -0.15) is 0 Å². The van der Waals surface area contributed by atoms with Crippen molar-refractivity contribution < 1.29 is 19.7 Å². The number of nitrogens with zero attached hydrogens (tertiary/aromatic N) is 1. The Hall–Kier alpha value is -2.69. The van der Waals surface area contributed by atoms with E-state index >= 15 is 0 Å². The Morgan fingerprint density at radius 2 is 1.56 bits per heavy atom. The molecule has 0 bridgehead atoms. The summed E-state index contributed by atoms with van der Waals surface area (Å²) in [6.45, 7) is 6.14. The molecule has 0 radical (unpaired) electrons. The number of benzene rings is 2. The average molecular weight is 369 g/mol. The molecule has 0 aromatic heterocycles. The number of aromatic hydroxyl groups is 2. The van der Waals surface area contributed by atoms with Crippen molar-refractivity contribution in [2.45, 2.75) is 52.1 Å². The number of rotatable bonds is 0. The molecule has 5 heteroatoms. The van der Waals surface area contributed by atoms with Crippen molar-refractivity contribution in [3.05, 3.63) is 53.1 Å². The largest absolute Gasteiger partial charge is 0.508 e. The Balaban J connectivity index is 0.000000177. The summed E-state index contributed by atoms with van der Waals surface area (Å²) in [6, 6.07) is 10.7. The summed E-state index contributed by atoms with van der Waals surface area (Å²) in [5.74, 6) is 0.635. The highest BCUT2D eigenvalue weighted by atomic mass is 16.6. The predicted octanol–water partition coefficient (Wildman–Crippen LogP) is 4.57. The van der Waals surface area contributed by atoms with E-state index < -0.39 is 5.60 Å². The summed E-state index contributed by atoms with van der Waals surface area (Å²) in [7, 11) is 0. The third-order valence-electron chi connectivity index (χ3n) is 4.65. The first kappa shape index (κ1) is 19.1. The molecule has 2 aromatic rings. The first-order chi connectivity index (χ1) is 12.7. The van der Waals surface area contributed by atoms with E-state index in [9.17, 15) is 9.90 Å². The van der Waals surface area contributed by atoms with Crippen molar-refractivity contribution in [3.8, 4) is 11.5 Å². The van der Waals surface area contributed by atoms with Gasteiger partial charge in [-0.05, 0) is 93.5 Å². The van der Waals surface area contributed by atoms with Crippen LogP contribution in [0.25, 0.3) is 0 Å². The molecule has 2 aliphatic rings. The molecular weight excluding hydrogens is 342 g/mol. The number of hydrogen-bond donors (Lipinski definition) is 2. The molecular formula is C22H27NO4. The van der Waals surface area contributed by atoms with Crippen molar-refractivity contribution in [3.63, 3.8) is 0 Å². The molecule has 4 rings (SSSR count). The maximum Gasteiger partial charge on any atom is 0.414 e. The van der Waals surface area contributed by atoms with E-state index in [4.69, 9.17) is 9.84 Å². The molecule has 1 heterocycles. The second kappa shape index (κ2) is 7.51. The number of fused-ring (bicyclic) bond motifs is 2. The molecule has 144 valence electrons. The number of ether oxygens (including phenoxy) is 1. The van der Waals surface area contributed by atoms with Crippen LogP contribution in [0, 0.1) is 0 Å². The van der Waals surface area contributed by atoms with Crippen LogP contribution >= 0.6 is 0 Å². The number of hydrogen-bond acceptors (Lipinski definition) is 4. The molecule has 0 saturated carbocycles. The number of carbonyl (C=O) groups excluding carboxylic acids is 1. The Labute approximate surface area is 160 Å². The fraction of sp³-hybridized carbons (Fsp3) is 0.409. The Morgan fingerprint density at radius 3 is 2.26 bits per heavy atom. The third kappa shape index (κ3) is 4.73. The topological polar surface area (TPSA) is 70.0 Å². The van der Waals surface area contributed by atoms with Crippen molar-refractivity contribution in [1.82, 2.24) is 0 Å². The zero-order valence-corrected chi connectivity index (χ0v) is 16.2. The van der Waals surface area contributed by atoms with Gasteiger partial charge in [-0.3, -0.25) is 4.90 Å². The molecule has 0 unspecified atom stereocenters. The van der Waals surface area contributed by atoms with Crippen molar-refractivity contribution in [2.24, 2.45) is 0 Å². The number of anilines is 1. The van der Waals surface area contributed by atoms with Crippen LogP contribution in [0.5, 0.6) is 11.5 Å². The molecule has 0 fully saturated rings. The first-order valence-corrected chi connectivity index (χ1v) is 9.36. The normalized spacial score (nSPS) is 14.9. The molecule has 5 nitrogen and oxygen atoms in total. The minimum absolute atomic E-state index is 0.231. The van der Waals surface area contributed by atoms with Gasteiger partial charge < -0.3 is 14.9 Å². The zero-order chi connectivity index (χ0) is 19.6. The summed E-state index contributed by atoms with van der Waals surface area (Å²) < 4.78 is 5.33. The number of phenolic OH excluding ortho intramolecular Hbond substituents is 2.